The highest BCUT2D eigenvalue weighted by Crippen LogP contribution is 2.14. The summed E-state index contributed by atoms with van der Waals surface area (Å²) >= 11 is 5.40. The van der Waals surface area contributed by atoms with Crippen LogP contribution in [0, 0.1) is 5.92 Å². The highest BCUT2D eigenvalue weighted by atomic mass is 32.1. The molecule has 126 valence electrons. The van der Waals surface area contributed by atoms with Crippen molar-refractivity contribution in [1.29, 1.82) is 0 Å². The Kier molecular flexibility index (Phi) is 9.22. The Morgan fingerprint density at radius 2 is 2.00 bits per heavy atom. The Labute approximate surface area is 145 Å². The van der Waals surface area contributed by atoms with E-state index in [9.17, 15) is 4.79 Å². The van der Waals surface area contributed by atoms with Crippen LogP contribution in [0.5, 0.6) is 0 Å². The molecule has 0 heterocycles. The van der Waals surface area contributed by atoms with Gasteiger partial charge < -0.3 is 10.1 Å². The monoisotopic (exact) mass is 333 g/mol. The third-order valence-corrected chi connectivity index (χ3v) is 4.16. The van der Waals surface area contributed by atoms with Gasteiger partial charge in [0.05, 0.1) is 6.61 Å². The molecule has 4 heteroatoms. The molecule has 0 aliphatic rings. The number of aldehydes is 1. The number of allylic oxidation sites excluding steroid dienone is 1. The van der Waals surface area contributed by atoms with Crippen molar-refractivity contribution in [3.8, 4) is 0 Å². The normalized spacial score (nSPS) is 12.6. The van der Waals surface area contributed by atoms with Crippen molar-refractivity contribution in [2.75, 3.05) is 6.61 Å². The lowest BCUT2D eigenvalue weighted by atomic mass is 10.0. The molecule has 0 radical (unpaired) electrons. The van der Waals surface area contributed by atoms with Crippen LogP contribution in [0.3, 0.4) is 0 Å². The van der Waals surface area contributed by atoms with Gasteiger partial charge in [-0.15, -0.1) is 0 Å². The molecular formula is C19H27NO2S. The lowest BCUT2D eigenvalue weighted by Gasteiger charge is -2.18. The van der Waals surface area contributed by atoms with Crippen molar-refractivity contribution in [3.05, 3.63) is 47.4 Å². The first-order valence-electron chi connectivity index (χ1n) is 8.30. The first-order valence-corrected chi connectivity index (χ1v) is 8.71. The third-order valence-electron chi connectivity index (χ3n) is 3.83. The molecule has 0 spiro atoms. The minimum absolute atomic E-state index is 0.576. The Bertz CT molecular complexity index is 523. The van der Waals surface area contributed by atoms with Gasteiger partial charge in [0.2, 0.25) is 0 Å². The predicted molar refractivity (Wildman–Crippen MR) is 99.7 cm³/mol. The van der Waals surface area contributed by atoms with Crippen LogP contribution in [0.1, 0.15) is 62.4 Å². The van der Waals surface area contributed by atoms with Crippen molar-refractivity contribution >= 4 is 23.5 Å². The van der Waals surface area contributed by atoms with Gasteiger partial charge in [0.25, 0.3) is 0 Å². The fraction of sp³-hybridized carbons (Fsp3) is 0.474. The maximum absolute atomic E-state index is 10.7. The molecule has 23 heavy (non-hydrogen) atoms. The molecule has 1 N–H and O–H groups in total. The van der Waals surface area contributed by atoms with Gasteiger partial charge in [0, 0.05) is 11.1 Å². The number of nitrogens with one attached hydrogen (secondary N) is 1. The second kappa shape index (κ2) is 10.9. The molecule has 0 saturated heterocycles. The van der Waals surface area contributed by atoms with E-state index in [1.807, 2.05) is 25.1 Å². The molecule has 1 unspecified atom stereocenters. The maximum atomic E-state index is 10.7. The van der Waals surface area contributed by atoms with Crippen molar-refractivity contribution in [3.63, 3.8) is 0 Å². The molecule has 3 nitrogen and oxygen atoms in total. The molecule has 0 fully saturated rings. The van der Waals surface area contributed by atoms with E-state index in [1.54, 1.807) is 12.1 Å². The van der Waals surface area contributed by atoms with Gasteiger partial charge in [-0.25, -0.2) is 0 Å². The minimum atomic E-state index is 0.576. The molecule has 1 aromatic rings. The minimum Gasteiger partial charge on any atom is -0.479 e. The van der Waals surface area contributed by atoms with E-state index in [2.05, 4.69) is 19.2 Å². The second-order valence-corrected chi connectivity index (χ2v) is 5.98. The van der Waals surface area contributed by atoms with Gasteiger partial charge in [-0.2, -0.15) is 0 Å². The summed E-state index contributed by atoms with van der Waals surface area (Å²) in [4.78, 5) is 11.3. The van der Waals surface area contributed by atoms with Crippen molar-refractivity contribution in [2.45, 2.75) is 46.5 Å². The van der Waals surface area contributed by atoms with Crippen molar-refractivity contribution < 1.29 is 9.53 Å². The van der Waals surface area contributed by atoms with Gasteiger partial charge in [0.1, 0.15) is 11.3 Å². The largest absolute Gasteiger partial charge is 0.479 e. The number of ether oxygens (including phenoxy) is 1. The fourth-order valence-electron chi connectivity index (χ4n) is 2.19. The predicted octanol–water partition coefficient (Wildman–Crippen LogP) is 4.86. The number of benzene rings is 1. The summed E-state index contributed by atoms with van der Waals surface area (Å²) < 4.78 is 5.88. The van der Waals surface area contributed by atoms with E-state index in [0.29, 0.717) is 29.0 Å². The first-order chi connectivity index (χ1) is 11.1. The summed E-state index contributed by atoms with van der Waals surface area (Å²) in [7, 11) is 0. The van der Waals surface area contributed by atoms with Crippen LogP contribution in [0.4, 0.5) is 0 Å². The molecule has 0 aliphatic heterocycles. The number of carbonyl (C=O) groups is 1. The summed E-state index contributed by atoms with van der Waals surface area (Å²) in [5, 5.41) is 3.14. The lowest BCUT2D eigenvalue weighted by molar-refractivity contribution is 0.112. The lowest BCUT2D eigenvalue weighted by Crippen LogP contribution is -2.24. The Balaban J connectivity index is 2.54. The number of hydrogen-bond donors (Lipinski definition) is 1. The standard InChI is InChI=1S/C19H27NO2S/c1-4-7-8-15(5-2)14-22-18(6-3)20-19(23)17-11-9-16(13-21)10-12-17/h6,9-13,15H,4-5,7-8,14H2,1-3H3,(H,20,23)/b18-6-. The van der Waals surface area contributed by atoms with E-state index in [0.717, 1.165) is 18.3 Å². The molecule has 0 aliphatic carbocycles. The quantitative estimate of drug-likeness (QED) is 0.377. The number of thiocarbonyl (C=S) groups is 1. The van der Waals surface area contributed by atoms with Gasteiger partial charge in [-0.1, -0.05) is 69.6 Å². The van der Waals surface area contributed by atoms with Gasteiger partial charge in [-0.3, -0.25) is 4.79 Å². The van der Waals surface area contributed by atoms with E-state index in [-0.39, 0.29) is 0 Å². The maximum Gasteiger partial charge on any atom is 0.187 e. The van der Waals surface area contributed by atoms with Crippen LogP contribution >= 0.6 is 12.2 Å². The number of unbranched alkanes of at least 4 members (excludes halogenated alkanes) is 1. The van der Waals surface area contributed by atoms with Crippen molar-refractivity contribution in [1.82, 2.24) is 5.32 Å². The van der Waals surface area contributed by atoms with Crippen LogP contribution < -0.4 is 5.32 Å². The molecule has 0 amide bonds. The smallest absolute Gasteiger partial charge is 0.187 e. The van der Waals surface area contributed by atoms with Crippen molar-refractivity contribution in [2.24, 2.45) is 5.92 Å². The zero-order chi connectivity index (χ0) is 17.1. The van der Waals surface area contributed by atoms with Crippen LogP contribution in [0.15, 0.2) is 36.2 Å². The molecule has 1 aromatic carbocycles. The summed E-state index contributed by atoms with van der Waals surface area (Å²) in [5.41, 5.74) is 1.51. The summed E-state index contributed by atoms with van der Waals surface area (Å²) in [5.74, 6) is 1.26. The Hall–Kier alpha value is -1.68. The van der Waals surface area contributed by atoms with Gasteiger partial charge >= 0.3 is 0 Å². The zero-order valence-electron chi connectivity index (χ0n) is 14.3. The highest BCUT2D eigenvalue weighted by Gasteiger charge is 2.09. The Morgan fingerprint density at radius 3 is 2.52 bits per heavy atom. The summed E-state index contributed by atoms with van der Waals surface area (Å²) in [6, 6.07) is 7.18. The summed E-state index contributed by atoms with van der Waals surface area (Å²) in [6.45, 7) is 7.04. The molecule has 1 atom stereocenters. The first kappa shape index (κ1) is 19.4. The zero-order valence-corrected chi connectivity index (χ0v) is 15.1. The molecule has 1 rings (SSSR count). The van der Waals surface area contributed by atoms with Crippen LogP contribution in [-0.2, 0) is 4.74 Å². The third kappa shape index (κ3) is 6.95. The van der Waals surface area contributed by atoms with Crippen LogP contribution in [0.25, 0.3) is 0 Å². The molecule has 0 bridgehead atoms. The Morgan fingerprint density at radius 1 is 1.30 bits per heavy atom. The van der Waals surface area contributed by atoms with Crippen LogP contribution in [0.2, 0.25) is 0 Å². The van der Waals surface area contributed by atoms with E-state index in [4.69, 9.17) is 17.0 Å². The van der Waals surface area contributed by atoms with E-state index < -0.39 is 0 Å². The summed E-state index contributed by atoms with van der Waals surface area (Å²) in [6.07, 6.45) is 7.48. The molecule has 0 saturated carbocycles. The van der Waals surface area contributed by atoms with Gasteiger partial charge in [-0.05, 0) is 25.3 Å². The van der Waals surface area contributed by atoms with E-state index in [1.165, 1.54) is 19.3 Å². The fourth-order valence-corrected chi connectivity index (χ4v) is 2.43. The molecular weight excluding hydrogens is 306 g/mol. The topological polar surface area (TPSA) is 38.3 Å². The molecule has 0 aromatic heterocycles. The average molecular weight is 333 g/mol. The SMILES string of the molecule is C/C=C(/NC(=S)c1ccc(C=O)cc1)OCC(CC)CCCC. The van der Waals surface area contributed by atoms with Gasteiger partial charge in [0.15, 0.2) is 5.88 Å². The van der Waals surface area contributed by atoms with E-state index >= 15 is 0 Å². The average Bonchev–Trinajstić information content (AvgIpc) is 2.60. The second-order valence-electron chi connectivity index (χ2n) is 5.57. The van der Waals surface area contributed by atoms with Crippen LogP contribution in [-0.4, -0.2) is 17.9 Å². The highest BCUT2D eigenvalue weighted by molar-refractivity contribution is 7.80. The number of rotatable bonds is 10. The number of hydrogen-bond acceptors (Lipinski definition) is 3. The number of carbonyl (C=O) groups excluding carboxylic acids is 1.